The topological polar surface area (TPSA) is 51.0 Å². The van der Waals surface area contributed by atoms with Crippen LogP contribution in [0.25, 0.3) is 0 Å². The molecule has 0 aliphatic carbocycles. The maximum Gasteiger partial charge on any atom is 0.222 e. The first kappa shape index (κ1) is 10.1. The van der Waals surface area contributed by atoms with E-state index < -0.39 is 0 Å². The first-order valence-corrected chi connectivity index (χ1v) is 5.45. The highest BCUT2D eigenvalue weighted by atomic mass is 16.2. The molecule has 1 aromatic rings. The van der Waals surface area contributed by atoms with Gasteiger partial charge in [0.1, 0.15) is 0 Å². The van der Waals surface area contributed by atoms with Crippen molar-refractivity contribution >= 4 is 5.91 Å². The van der Waals surface area contributed by atoms with Crippen LogP contribution in [0.1, 0.15) is 32.2 Å². The minimum absolute atomic E-state index is 0.264. The molecule has 0 spiro atoms. The molecule has 1 atom stereocenters. The van der Waals surface area contributed by atoms with Gasteiger partial charge < -0.3 is 4.90 Å². The SMILES string of the molecule is CCCC(=O)N1CCC(n2ccnn2)C1. The van der Waals surface area contributed by atoms with Crippen molar-refractivity contribution in [3.8, 4) is 0 Å². The molecule has 0 N–H and O–H groups in total. The van der Waals surface area contributed by atoms with E-state index in [1.54, 1.807) is 6.20 Å². The lowest BCUT2D eigenvalue weighted by Crippen LogP contribution is -2.28. The van der Waals surface area contributed by atoms with E-state index in [0.29, 0.717) is 12.5 Å². The molecule has 2 rings (SSSR count). The zero-order valence-electron chi connectivity index (χ0n) is 8.96. The predicted octanol–water partition coefficient (Wildman–Crippen LogP) is 0.852. The average molecular weight is 208 g/mol. The summed E-state index contributed by atoms with van der Waals surface area (Å²) in [5, 5.41) is 7.75. The molecular formula is C10H16N4O. The Kier molecular flexibility index (Phi) is 2.99. The number of aromatic nitrogens is 3. The largest absolute Gasteiger partial charge is 0.340 e. The van der Waals surface area contributed by atoms with E-state index in [9.17, 15) is 4.79 Å². The number of carbonyl (C=O) groups excluding carboxylic acids is 1. The third-order valence-electron chi connectivity index (χ3n) is 2.80. The van der Waals surface area contributed by atoms with E-state index in [-0.39, 0.29) is 5.91 Å². The molecule has 0 saturated carbocycles. The summed E-state index contributed by atoms with van der Waals surface area (Å²) in [7, 11) is 0. The van der Waals surface area contributed by atoms with Crippen LogP contribution in [0, 0.1) is 0 Å². The summed E-state index contributed by atoms with van der Waals surface area (Å²) in [5.74, 6) is 0.264. The molecule has 1 amide bonds. The highest BCUT2D eigenvalue weighted by molar-refractivity contribution is 5.76. The number of rotatable bonds is 3. The Morgan fingerprint density at radius 3 is 3.13 bits per heavy atom. The maximum absolute atomic E-state index is 11.6. The summed E-state index contributed by atoms with van der Waals surface area (Å²) in [6.45, 7) is 3.66. The van der Waals surface area contributed by atoms with Crippen molar-refractivity contribution < 1.29 is 4.79 Å². The van der Waals surface area contributed by atoms with Crippen LogP contribution < -0.4 is 0 Å². The van der Waals surface area contributed by atoms with E-state index in [1.165, 1.54) is 0 Å². The standard InChI is InChI=1S/C10H16N4O/c1-2-3-10(15)13-6-4-9(8-13)14-7-5-11-12-14/h5,7,9H,2-4,6,8H2,1H3. The van der Waals surface area contributed by atoms with Crippen molar-refractivity contribution in [2.24, 2.45) is 0 Å². The molecular weight excluding hydrogens is 192 g/mol. The highest BCUT2D eigenvalue weighted by Crippen LogP contribution is 2.20. The molecule has 1 aliphatic heterocycles. The number of nitrogens with zero attached hydrogens (tertiary/aromatic N) is 4. The summed E-state index contributed by atoms with van der Waals surface area (Å²) in [6.07, 6.45) is 6.10. The fraction of sp³-hybridized carbons (Fsp3) is 0.700. The van der Waals surface area contributed by atoms with Gasteiger partial charge in [0.15, 0.2) is 0 Å². The van der Waals surface area contributed by atoms with Crippen molar-refractivity contribution in [1.82, 2.24) is 19.9 Å². The highest BCUT2D eigenvalue weighted by Gasteiger charge is 2.26. The molecule has 1 aromatic heterocycles. The number of likely N-dealkylation sites (tertiary alicyclic amines) is 1. The van der Waals surface area contributed by atoms with Gasteiger partial charge in [-0.2, -0.15) is 0 Å². The minimum atomic E-state index is 0.264. The quantitative estimate of drug-likeness (QED) is 0.740. The van der Waals surface area contributed by atoms with Crippen LogP contribution in [-0.2, 0) is 4.79 Å². The molecule has 15 heavy (non-hydrogen) atoms. The van der Waals surface area contributed by atoms with E-state index in [1.807, 2.05) is 22.7 Å². The lowest BCUT2D eigenvalue weighted by atomic mass is 10.3. The average Bonchev–Trinajstić information content (AvgIpc) is 2.89. The Morgan fingerprint density at radius 2 is 2.47 bits per heavy atom. The summed E-state index contributed by atoms with van der Waals surface area (Å²) in [4.78, 5) is 13.6. The van der Waals surface area contributed by atoms with Crippen LogP contribution in [0.15, 0.2) is 12.4 Å². The third-order valence-corrected chi connectivity index (χ3v) is 2.80. The maximum atomic E-state index is 11.6. The van der Waals surface area contributed by atoms with Crippen LogP contribution in [-0.4, -0.2) is 38.9 Å². The second-order valence-corrected chi connectivity index (χ2v) is 3.92. The Labute approximate surface area is 89.1 Å². The smallest absolute Gasteiger partial charge is 0.222 e. The molecule has 0 bridgehead atoms. The number of carbonyl (C=O) groups is 1. The van der Waals surface area contributed by atoms with Gasteiger partial charge in [-0.3, -0.25) is 4.79 Å². The molecule has 0 aromatic carbocycles. The molecule has 0 radical (unpaired) electrons. The molecule has 5 nitrogen and oxygen atoms in total. The van der Waals surface area contributed by atoms with Gasteiger partial charge >= 0.3 is 0 Å². The van der Waals surface area contributed by atoms with Crippen LogP contribution in [0.3, 0.4) is 0 Å². The summed E-state index contributed by atoms with van der Waals surface area (Å²) >= 11 is 0. The van der Waals surface area contributed by atoms with Crippen molar-refractivity contribution in [1.29, 1.82) is 0 Å². The van der Waals surface area contributed by atoms with Gasteiger partial charge in [-0.25, -0.2) is 4.68 Å². The first-order valence-electron chi connectivity index (χ1n) is 5.45. The number of amides is 1. The van der Waals surface area contributed by atoms with Gasteiger partial charge in [0, 0.05) is 25.7 Å². The summed E-state index contributed by atoms with van der Waals surface area (Å²) in [5.41, 5.74) is 0. The number of hydrogen-bond donors (Lipinski definition) is 0. The fourth-order valence-electron chi connectivity index (χ4n) is 1.97. The van der Waals surface area contributed by atoms with Gasteiger partial charge in [-0.15, -0.1) is 5.10 Å². The molecule has 1 saturated heterocycles. The van der Waals surface area contributed by atoms with Gasteiger partial charge in [0.05, 0.1) is 12.2 Å². The van der Waals surface area contributed by atoms with Crippen molar-refractivity contribution in [3.05, 3.63) is 12.4 Å². The second kappa shape index (κ2) is 4.42. The first-order chi connectivity index (χ1) is 7.31. The molecule has 2 heterocycles. The molecule has 1 fully saturated rings. The van der Waals surface area contributed by atoms with E-state index in [0.717, 1.165) is 25.9 Å². The Bertz CT molecular complexity index is 322. The lowest BCUT2D eigenvalue weighted by Gasteiger charge is -2.15. The molecule has 1 unspecified atom stereocenters. The Balaban J connectivity index is 1.92. The zero-order chi connectivity index (χ0) is 10.7. The molecule has 1 aliphatic rings. The normalized spacial score (nSPS) is 20.9. The van der Waals surface area contributed by atoms with Gasteiger partial charge in [0.2, 0.25) is 5.91 Å². The van der Waals surface area contributed by atoms with Crippen LogP contribution in [0.4, 0.5) is 0 Å². The third kappa shape index (κ3) is 2.16. The fourth-order valence-corrected chi connectivity index (χ4v) is 1.97. The molecule has 82 valence electrons. The van der Waals surface area contributed by atoms with E-state index in [4.69, 9.17) is 0 Å². The molecule has 5 heteroatoms. The van der Waals surface area contributed by atoms with Crippen molar-refractivity contribution in [3.63, 3.8) is 0 Å². The number of hydrogen-bond acceptors (Lipinski definition) is 3. The van der Waals surface area contributed by atoms with Gasteiger partial charge in [0.25, 0.3) is 0 Å². The van der Waals surface area contributed by atoms with Gasteiger partial charge in [-0.05, 0) is 12.8 Å². The van der Waals surface area contributed by atoms with Crippen molar-refractivity contribution in [2.75, 3.05) is 13.1 Å². The monoisotopic (exact) mass is 208 g/mol. The zero-order valence-corrected chi connectivity index (χ0v) is 8.96. The van der Waals surface area contributed by atoms with E-state index >= 15 is 0 Å². The van der Waals surface area contributed by atoms with Crippen LogP contribution >= 0.6 is 0 Å². The van der Waals surface area contributed by atoms with Crippen molar-refractivity contribution in [2.45, 2.75) is 32.2 Å². The lowest BCUT2D eigenvalue weighted by molar-refractivity contribution is -0.130. The van der Waals surface area contributed by atoms with E-state index in [2.05, 4.69) is 10.3 Å². The Hall–Kier alpha value is -1.39. The summed E-state index contributed by atoms with van der Waals surface area (Å²) < 4.78 is 1.85. The summed E-state index contributed by atoms with van der Waals surface area (Å²) in [6, 6.07) is 0.313. The second-order valence-electron chi connectivity index (χ2n) is 3.92. The predicted molar refractivity (Wildman–Crippen MR) is 55.2 cm³/mol. The Morgan fingerprint density at radius 1 is 1.60 bits per heavy atom. The van der Waals surface area contributed by atoms with Gasteiger partial charge in [-0.1, -0.05) is 12.1 Å². The van der Waals surface area contributed by atoms with Crippen LogP contribution in [0.5, 0.6) is 0 Å². The van der Waals surface area contributed by atoms with Crippen LogP contribution in [0.2, 0.25) is 0 Å². The minimum Gasteiger partial charge on any atom is -0.340 e.